The van der Waals surface area contributed by atoms with E-state index >= 15 is 0 Å². The summed E-state index contributed by atoms with van der Waals surface area (Å²) in [4.78, 5) is 16.4. The van der Waals surface area contributed by atoms with E-state index < -0.39 is 0 Å². The Kier molecular flexibility index (Phi) is 5.35. The van der Waals surface area contributed by atoms with Gasteiger partial charge in [-0.3, -0.25) is 9.69 Å². The molecule has 1 aliphatic heterocycles. The molecule has 112 valence electrons. The number of carbonyl (C=O) groups excluding carboxylic acids is 1. The zero-order valence-electron chi connectivity index (χ0n) is 12.9. The van der Waals surface area contributed by atoms with Crippen molar-refractivity contribution in [3.05, 3.63) is 35.4 Å². The maximum atomic E-state index is 12.0. The summed E-state index contributed by atoms with van der Waals surface area (Å²) >= 11 is 0. The molecule has 1 heterocycles. The fourth-order valence-electron chi connectivity index (χ4n) is 2.58. The lowest BCUT2D eigenvalue weighted by molar-refractivity contribution is -0.133. The molecule has 4 nitrogen and oxygen atoms in total. The van der Waals surface area contributed by atoms with Crippen LogP contribution in [-0.2, 0) is 11.3 Å². The standard InChI is InChI=1S/C17H23N3O/c1-14(2)11-17(21)20-9-7-19(8-10-20)13-16-5-3-15(12-18)4-6-16/h3-6,14H,7-11,13H2,1-2H3. The average Bonchev–Trinajstić information content (AvgIpc) is 2.48. The quantitative estimate of drug-likeness (QED) is 0.852. The molecule has 0 bridgehead atoms. The second kappa shape index (κ2) is 7.24. The molecule has 0 saturated carbocycles. The molecular weight excluding hydrogens is 262 g/mol. The number of benzene rings is 1. The molecule has 1 amide bonds. The molecule has 4 heteroatoms. The van der Waals surface area contributed by atoms with Crippen molar-refractivity contribution in [1.82, 2.24) is 9.80 Å². The van der Waals surface area contributed by atoms with Crippen molar-refractivity contribution < 1.29 is 4.79 Å². The monoisotopic (exact) mass is 285 g/mol. The average molecular weight is 285 g/mol. The van der Waals surface area contributed by atoms with Crippen LogP contribution in [0.25, 0.3) is 0 Å². The molecule has 0 spiro atoms. The Morgan fingerprint density at radius 2 is 1.81 bits per heavy atom. The van der Waals surface area contributed by atoms with Crippen molar-refractivity contribution >= 4 is 5.91 Å². The lowest BCUT2D eigenvalue weighted by Gasteiger charge is -2.35. The molecule has 1 saturated heterocycles. The molecule has 1 aromatic carbocycles. The Hall–Kier alpha value is -1.86. The van der Waals surface area contributed by atoms with Crippen molar-refractivity contribution in [2.45, 2.75) is 26.8 Å². The smallest absolute Gasteiger partial charge is 0.222 e. The molecule has 0 aliphatic carbocycles. The summed E-state index contributed by atoms with van der Waals surface area (Å²) in [6.07, 6.45) is 0.648. The van der Waals surface area contributed by atoms with Gasteiger partial charge in [-0.25, -0.2) is 0 Å². The second-order valence-electron chi connectivity index (χ2n) is 6.06. The van der Waals surface area contributed by atoms with E-state index in [-0.39, 0.29) is 5.91 Å². The third-order valence-corrected chi connectivity index (χ3v) is 3.80. The molecule has 1 aromatic rings. The maximum absolute atomic E-state index is 12.0. The molecule has 2 rings (SSSR count). The van der Waals surface area contributed by atoms with Crippen molar-refractivity contribution in [2.24, 2.45) is 5.92 Å². The molecule has 0 radical (unpaired) electrons. The van der Waals surface area contributed by atoms with Crippen LogP contribution in [0.4, 0.5) is 0 Å². The predicted molar refractivity (Wildman–Crippen MR) is 82.5 cm³/mol. The molecule has 0 unspecified atom stereocenters. The van der Waals surface area contributed by atoms with E-state index in [2.05, 4.69) is 24.8 Å². The Labute approximate surface area is 127 Å². The minimum absolute atomic E-state index is 0.281. The number of rotatable bonds is 4. The molecule has 0 atom stereocenters. The van der Waals surface area contributed by atoms with E-state index in [9.17, 15) is 4.79 Å². The van der Waals surface area contributed by atoms with Crippen LogP contribution in [0.1, 0.15) is 31.4 Å². The third kappa shape index (κ3) is 4.57. The van der Waals surface area contributed by atoms with E-state index in [1.807, 2.05) is 29.2 Å². The summed E-state index contributed by atoms with van der Waals surface area (Å²) in [5.41, 5.74) is 1.92. The van der Waals surface area contributed by atoms with Crippen LogP contribution >= 0.6 is 0 Å². The normalized spacial score (nSPS) is 16.0. The van der Waals surface area contributed by atoms with Gasteiger partial charge >= 0.3 is 0 Å². The number of nitriles is 1. The van der Waals surface area contributed by atoms with Crippen molar-refractivity contribution in [3.8, 4) is 6.07 Å². The van der Waals surface area contributed by atoms with Gasteiger partial charge in [-0.15, -0.1) is 0 Å². The molecule has 0 aromatic heterocycles. The van der Waals surface area contributed by atoms with Gasteiger partial charge in [0, 0.05) is 39.1 Å². The largest absolute Gasteiger partial charge is 0.340 e. The van der Waals surface area contributed by atoms with Gasteiger partial charge in [0.05, 0.1) is 11.6 Å². The maximum Gasteiger partial charge on any atom is 0.222 e. The van der Waals surface area contributed by atoms with Crippen LogP contribution in [-0.4, -0.2) is 41.9 Å². The lowest BCUT2D eigenvalue weighted by Crippen LogP contribution is -2.48. The Morgan fingerprint density at radius 1 is 1.19 bits per heavy atom. The van der Waals surface area contributed by atoms with Gasteiger partial charge in [0.15, 0.2) is 0 Å². The van der Waals surface area contributed by atoms with Crippen LogP contribution in [0.3, 0.4) is 0 Å². The highest BCUT2D eigenvalue weighted by Crippen LogP contribution is 2.12. The van der Waals surface area contributed by atoms with Gasteiger partial charge < -0.3 is 4.90 Å². The SMILES string of the molecule is CC(C)CC(=O)N1CCN(Cc2ccc(C#N)cc2)CC1. The highest BCUT2D eigenvalue weighted by Gasteiger charge is 2.21. The van der Waals surface area contributed by atoms with Crippen LogP contribution in [0.5, 0.6) is 0 Å². The van der Waals surface area contributed by atoms with E-state index in [1.54, 1.807) is 0 Å². The number of hydrogen-bond donors (Lipinski definition) is 0. The van der Waals surface area contributed by atoms with Crippen LogP contribution in [0.2, 0.25) is 0 Å². The van der Waals surface area contributed by atoms with Gasteiger partial charge in [-0.05, 0) is 23.6 Å². The fraction of sp³-hybridized carbons (Fsp3) is 0.529. The Balaban J connectivity index is 1.81. The Morgan fingerprint density at radius 3 is 2.33 bits per heavy atom. The molecule has 0 N–H and O–H groups in total. The highest BCUT2D eigenvalue weighted by atomic mass is 16.2. The van der Waals surface area contributed by atoms with Crippen LogP contribution in [0, 0.1) is 17.2 Å². The van der Waals surface area contributed by atoms with E-state index in [1.165, 1.54) is 5.56 Å². The van der Waals surface area contributed by atoms with Crippen molar-refractivity contribution in [2.75, 3.05) is 26.2 Å². The summed E-state index contributed by atoms with van der Waals surface area (Å²) < 4.78 is 0. The summed E-state index contributed by atoms with van der Waals surface area (Å²) in [7, 11) is 0. The fourth-order valence-corrected chi connectivity index (χ4v) is 2.58. The molecule has 1 aliphatic rings. The summed E-state index contributed by atoms with van der Waals surface area (Å²) in [5.74, 6) is 0.706. The summed E-state index contributed by atoms with van der Waals surface area (Å²) in [6.45, 7) is 8.54. The van der Waals surface area contributed by atoms with Gasteiger partial charge in [-0.2, -0.15) is 5.26 Å². The van der Waals surface area contributed by atoms with E-state index in [4.69, 9.17) is 5.26 Å². The number of amides is 1. The summed E-state index contributed by atoms with van der Waals surface area (Å²) in [5, 5.41) is 8.80. The van der Waals surface area contributed by atoms with Crippen molar-refractivity contribution in [3.63, 3.8) is 0 Å². The zero-order valence-corrected chi connectivity index (χ0v) is 12.9. The number of nitrogens with zero attached hydrogens (tertiary/aromatic N) is 3. The third-order valence-electron chi connectivity index (χ3n) is 3.80. The topological polar surface area (TPSA) is 47.3 Å². The molecular formula is C17H23N3O. The first-order valence-corrected chi connectivity index (χ1v) is 7.57. The first-order chi connectivity index (χ1) is 10.1. The predicted octanol–water partition coefficient (Wildman–Crippen LogP) is 2.25. The number of carbonyl (C=O) groups is 1. The van der Waals surface area contributed by atoms with E-state index in [0.717, 1.165) is 32.7 Å². The Bertz CT molecular complexity index is 508. The van der Waals surface area contributed by atoms with Gasteiger partial charge in [0.1, 0.15) is 0 Å². The minimum Gasteiger partial charge on any atom is -0.340 e. The zero-order chi connectivity index (χ0) is 15.2. The molecule has 1 fully saturated rings. The number of hydrogen-bond acceptors (Lipinski definition) is 3. The summed E-state index contributed by atoms with van der Waals surface area (Å²) in [6, 6.07) is 9.87. The lowest BCUT2D eigenvalue weighted by atomic mass is 10.1. The van der Waals surface area contributed by atoms with Crippen molar-refractivity contribution in [1.29, 1.82) is 5.26 Å². The molecule has 21 heavy (non-hydrogen) atoms. The minimum atomic E-state index is 0.281. The van der Waals surface area contributed by atoms with E-state index in [0.29, 0.717) is 17.9 Å². The van der Waals surface area contributed by atoms with Crippen LogP contribution < -0.4 is 0 Å². The van der Waals surface area contributed by atoms with Gasteiger partial charge in [-0.1, -0.05) is 26.0 Å². The second-order valence-corrected chi connectivity index (χ2v) is 6.06. The van der Waals surface area contributed by atoms with Gasteiger partial charge in [0.25, 0.3) is 0 Å². The van der Waals surface area contributed by atoms with Crippen LogP contribution in [0.15, 0.2) is 24.3 Å². The first kappa shape index (κ1) is 15.5. The van der Waals surface area contributed by atoms with Gasteiger partial charge in [0.2, 0.25) is 5.91 Å². The number of piperazine rings is 1. The first-order valence-electron chi connectivity index (χ1n) is 7.57. The highest BCUT2D eigenvalue weighted by molar-refractivity contribution is 5.76.